The molecule has 4 nitrogen and oxygen atoms in total. The zero-order chi connectivity index (χ0) is 19.3. The van der Waals surface area contributed by atoms with Crippen LogP contribution in [0, 0.1) is 17.7 Å². The normalized spacial score (nSPS) is 34.4. The molecule has 1 aromatic carbocycles. The van der Waals surface area contributed by atoms with Crippen molar-refractivity contribution in [3.8, 4) is 0 Å². The van der Waals surface area contributed by atoms with Gasteiger partial charge in [-0.15, -0.1) is 0 Å². The van der Waals surface area contributed by atoms with Gasteiger partial charge < -0.3 is 9.80 Å². The highest BCUT2D eigenvalue weighted by molar-refractivity contribution is 5.91. The van der Waals surface area contributed by atoms with Crippen LogP contribution in [-0.2, 0) is 9.59 Å². The topological polar surface area (TPSA) is 40.6 Å². The fourth-order valence-electron chi connectivity index (χ4n) is 5.88. The molecular weight excluding hydrogens is 355 g/mol. The fourth-order valence-corrected chi connectivity index (χ4v) is 5.88. The summed E-state index contributed by atoms with van der Waals surface area (Å²) in [4.78, 5) is 30.7. The summed E-state index contributed by atoms with van der Waals surface area (Å²) in [5, 5.41) is 0. The smallest absolute Gasteiger partial charge is 0.245 e. The Balaban J connectivity index is 1.36. The lowest BCUT2D eigenvalue weighted by atomic mass is 9.84. The molecule has 28 heavy (non-hydrogen) atoms. The van der Waals surface area contributed by atoms with Gasteiger partial charge in [0.05, 0.1) is 0 Å². The molecule has 2 aliphatic heterocycles. The molecule has 150 valence electrons. The number of carbonyl (C=O) groups excluding carboxylic acids is 2. The average molecular weight is 384 g/mol. The highest BCUT2D eigenvalue weighted by Crippen LogP contribution is 2.51. The van der Waals surface area contributed by atoms with Crippen LogP contribution in [-0.4, -0.2) is 46.8 Å². The van der Waals surface area contributed by atoms with Crippen LogP contribution in [0.4, 0.5) is 4.39 Å². The molecule has 5 atom stereocenters. The number of carbonyl (C=O) groups is 2. The summed E-state index contributed by atoms with van der Waals surface area (Å²) in [6.07, 6.45) is 8.38. The SMILES string of the molecule is O=C([C@@H]1C[C@@H]2CCCC[C@@H]2N1C(=O)[C@@H]1C[C@H]1c1ccc(F)cc1)N1CCCC1. The van der Waals surface area contributed by atoms with Crippen LogP contribution < -0.4 is 0 Å². The molecule has 2 amide bonds. The molecule has 0 N–H and O–H groups in total. The first-order valence-corrected chi connectivity index (χ1v) is 11.0. The van der Waals surface area contributed by atoms with Crippen LogP contribution in [0.15, 0.2) is 24.3 Å². The third-order valence-electron chi connectivity index (χ3n) is 7.45. The number of likely N-dealkylation sites (tertiary alicyclic amines) is 2. The summed E-state index contributed by atoms with van der Waals surface area (Å²) in [7, 11) is 0. The summed E-state index contributed by atoms with van der Waals surface area (Å²) in [5.41, 5.74) is 1.04. The Morgan fingerprint density at radius 2 is 1.61 bits per heavy atom. The zero-order valence-electron chi connectivity index (χ0n) is 16.4. The van der Waals surface area contributed by atoms with Gasteiger partial charge in [-0.05, 0) is 68.1 Å². The summed E-state index contributed by atoms with van der Waals surface area (Å²) in [6.45, 7) is 1.68. The van der Waals surface area contributed by atoms with E-state index in [2.05, 4.69) is 0 Å². The van der Waals surface area contributed by atoms with Gasteiger partial charge in [0, 0.05) is 25.0 Å². The van der Waals surface area contributed by atoms with Crippen molar-refractivity contribution in [1.82, 2.24) is 9.80 Å². The van der Waals surface area contributed by atoms with Gasteiger partial charge in [-0.1, -0.05) is 25.0 Å². The predicted molar refractivity (Wildman–Crippen MR) is 104 cm³/mol. The zero-order valence-corrected chi connectivity index (χ0v) is 16.4. The molecule has 2 saturated heterocycles. The molecule has 0 spiro atoms. The lowest BCUT2D eigenvalue weighted by molar-refractivity contribution is -0.146. The molecule has 2 saturated carbocycles. The van der Waals surface area contributed by atoms with Gasteiger partial charge >= 0.3 is 0 Å². The van der Waals surface area contributed by atoms with E-state index in [-0.39, 0.29) is 41.6 Å². The van der Waals surface area contributed by atoms with E-state index in [1.807, 2.05) is 9.80 Å². The molecule has 4 aliphatic rings. The van der Waals surface area contributed by atoms with Crippen molar-refractivity contribution in [3.05, 3.63) is 35.6 Å². The lowest BCUT2D eigenvalue weighted by Gasteiger charge is -2.35. The van der Waals surface area contributed by atoms with Gasteiger partial charge in [0.2, 0.25) is 11.8 Å². The second-order valence-corrected chi connectivity index (χ2v) is 9.14. The molecule has 0 bridgehead atoms. The maximum Gasteiger partial charge on any atom is 0.245 e. The van der Waals surface area contributed by atoms with E-state index in [9.17, 15) is 14.0 Å². The molecule has 0 unspecified atom stereocenters. The van der Waals surface area contributed by atoms with Crippen molar-refractivity contribution >= 4 is 11.8 Å². The van der Waals surface area contributed by atoms with Crippen LogP contribution in [0.3, 0.4) is 0 Å². The van der Waals surface area contributed by atoms with Crippen LogP contribution in [0.1, 0.15) is 62.8 Å². The number of benzene rings is 1. The second kappa shape index (κ2) is 7.16. The van der Waals surface area contributed by atoms with Crippen LogP contribution in [0.25, 0.3) is 0 Å². The van der Waals surface area contributed by atoms with E-state index >= 15 is 0 Å². The van der Waals surface area contributed by atoms with Gasteiger partial charge in [0.25, 0.3) is 0 Å². The van der Waals surface area contributed by atoms with Gasteiger partial charge in [-0.2, -0.15) is 0 Å². The van der Waals surface area contributed by atoms with Crippen molar-refractivity contribution in [2.75, 3.05) is 13.1 Å². The Labute approximate surface area is 166 Å². The van der Waals surface area contributed by atoms with Crippen LogP contribution >= 0.6 is 0 Å². The van der Waals surface area contributed by atoms with Gasteiger partial charge in [-0.3, -0.25) is 9.59 Å². The van der Waals surface area contributed by atoms with E-state index in [0.29, 0.717) is 5.92 Å². The van der Waals surface area contributed by atoms with Gasteiger partial charge in [-0.25, -0.2) is 4.39 Å². The number of halogens is 1. The van der Waals surface area contributed by atoms with Crippen molar-refractivity contribution in [2.45, 2.75) is 69.4 Å². The predicted octanol–water partition coefficient (Wildman–Crippen LogP) is 3.71. The van der Waals surface area contributed by atoms with E-state index in [0.717, 1.165) is 63.6 Å². The molecule has 1 aromatic rings. The first-order chi connectivity index (χ1) is 13.6. The summed E-state index contributed by atoms with van der Waals surface area (Å²) < 4.78 is 13.2. The summed E-state index contributed by atoms with van der Waals surface area (Å²) in [5.74, 6) is 0.726. The van der Waals surface area contributed by atoms with E-state index in [4.69, 9.17) is 0 Å². The molecule has 0 aromatic heterocycles. The first-order valence-electron chi connectivity index (χ1n) is 11.0. The van der Waals surface area contributed by atoms with Crippen LogP contribution in [0.5, 0.6) is 0 Å². The van der Waals surface area contributed by atoms with Gasteiger partial charge in [0.1, 0.15) is 11.9 Å². The molecule has 0 radical (unpaired) electrons. The minimum absolute atomic E-state index is 0.0417. The monoisotopic (exact) mass is 384 g/mol. The number of hydrogen-bond acceptors (Lipinski definition) is 2. The largest absolute Gasteiger partial charge is 0.341 e. The van der Waals surface area contributed by atoms with E-state index in [1.165, 1.54) is 18.6 Å². The standard InChI is InChI=1S/C23H29FN2O2/c24-17-9-7-15(8-10-17)18-14-19(18)22(27)26-20-6-2-1-5-16(20)13-21(26)23(28)25-11-3-4-12-25/h7-10,16,18-21H,1-6,11-14H2/t16-,18-,19+,20-,21-/m0/s1. The molecule has 2 aliphatic carbocycles. The Hall–Kier alpha value is -1.91. The van der Waals surface area contributed by atoms with Crippen molar-refractivity contribution < 1.29 is 14.0 Å². The third-order valence-corrected chi connectivity index (χ3v) is 7.45. The molecule has 2 heterocycles. The minimum atomic E-state index is -0.256. The van der Waals surface area contributed by atoms with Crippen LogP contribution in [0.2, 0.25) is 0 Å². The first kappa shape index (κ1) is 18.1. The maximum atomic E-state index is 13.5. The van der Waals surface area contributed by atoms with E-state index in [1.54, 1.807) is 12.1 Å². The molecule has 4 fully saturated rings. The average Bonchev–Trinajstić information content (AvgIpc) is 3.14. The quantitative estimate of drug-likeness (QED) is 0.797. The van der Waals surface area contributed by atoms with Crippen molar-refractivity contribution in [1.29, 1.82) is 0 Å². The highest BCUT2D eigenvalue weighted by atomic mass is 19.1. The Bertz CT molecular complexity index is 758. The Morgan fingerprint density at radius 1 is 0.893 bits per heavy atom. The lowest BCUT2D eigenvalue weighted by Crippen LogP contribution is -2.50. The van der Waals surface area contributed by atoms with E-state index < -0.39 is 0 Å². The highest BCUT2D eigenvalue weighted by Gasteiger charge is 2.54. The molecular formula is C23H29FN2O2. The van der Waals surface area contributed by atoms with Crippen molar-refractivity contribution in [2.24, 2.45) is 11.8 Å². The number of fused-ring (bicyclic) bond motifs is 1. The third kappa shape index (κ3) is 3.13. The Kier molecular flexibility index (Phi) is 4.64. The van der Waals surface area contributed by atoms with Gasteiger partial charge in [0.15, 0.2) is 0 Å². The molecule has 5 rings (SSSR count). The van der Waals surface area contributed by atoms with Crippen molar-refractivity contribution in [3.63, 3.8) is 0 Å². The Morgan fingerprint density at radius 3 is 2.36 bits per heavy atom. The number of amides is 2. The second-order valence-electron chi connectivity index (χ2n) is 9.14. The fraction of sp³-hybridized carbons (Fsp3) is 0.652. The maximum absolute atomic E-state index is 13.5. The summed E-state index contributed by atoms with van der Waals surface area (Å²) in [6, 6.07) is 6.53. The molecule has 5 heteroatoms. The minimum Gasteiger partial charge on any atom is -0.341 e. The number of hydrogen-bond donors (Lipinski definition) is 0. The number of rotatable bonds is 3. The number of nitrogens with zero attached hydrogens (tertiary/aromatic N) is 2. The summed E-state index contributed by atoms with van der Waals surface area (Å²) >= 11 is 0.